The molecule has 0 saturated carbocycles. The van der Waals surface area contributed by atoms with Crippen LogP contribution in [0.5, 0.6) is 0 Å². The van der Waals surface area contributed by atoms with Crippen molar-refractivity contribution in [1.29, 1.82) is 0 Å². The van der Waals surface area contributed by atoms with Gasteiger partial charge in [-0.15, -0.1) is 5.10 Å². The van der Waals surface area contributed by atoms with Crippen LogP contribution in [0.4, 0.5) is 11.7 Å². The highest BCUT2D eigenvalue weighted by Crippen LogP contribution is 2.25. The minimum absolute atomic E-state index is 0.339. The van der Waals surface area contributed by atoms with E-state index in [4.69, 9.17) is 16.0 Å². The fourth-order valence-corrected chi connectivity index (χ4v) is 1.79. The van der Waals surface area contributed by atoms with Crippen molar-refractivity contribution in [3.05, 3.63) is 34.7 Å². The van der Waals surface area contributed by atoms with E-state index in [9.17, 15) is 0 Å². The van der Waals surface area contributed by atoms with Gasteiger partial charge in [-0.2, -0.15) is 0 Å². The van der Waals surface area contributed by atoms with Crippen LogP contribution in [0.3, 0.4) is 0 Å². The summed E-state index contributed by atoms with van der Waals surface area (Å²) < 4.78 is 5.47. The molecule has 0 amide bonds. The number of halogens is 1. The van der Waals surface area contributed by atoms with Crippen LogP contribution in [-0.4, -0.2) is 16.2 Å². The van der Waals surface area contributed by atoms with Crippen LogP contribution >= 0.6 is 11.6 Å². The average molecular weight is 281 g/mol. The molecule has 0 spiro atoms. The molecule has 0 aliphatic rings. The van der Waals surface area contributed by atoms with E-state index in [1.54, 1.807) is 0 Å². The average Bonchev–Trinajstić information content (AvgIpc) is 2.78. The van der Waals surface area contributed by atoms with E-state index in [1.807, 2.05) is 25.1 Å². The first kappa shape index (κ1) is 13.8. The Morgan fingerprint density at radius 3 is 2.79 bits per heavy atom. The number of nitrogens with one attached hydrogen (secondary N) is 2. The fraction of sp³-hybridized carbons (Fsp3) is 0.385. The van der Waals surface area contributed by atoms with Crippen molar-refractivity contribution in [3.8, 4) is 0 Å². The molecule has 1 heterocycles. The molecule has 0 bridgehead atoms. The van der Waals surface area contributed by atoms with E-state index in [-0.39, 0.29) is 0 Å². The van der Waals surface area contributed by atoms with Crippen molar-refractivity contribution in [2.75, 3.05) is 5.32 Å². The molecule has 2 N–H and O–H groups in total. The summed E-state index contributed by atoms with van der Waals surface area (Å²) in [7, 11) is 0. The summed E-state index contributed by atoms with van der Waals surface area (Å²) in [6.07, 6.45) is 0. The topological polar surface area (TPSA) is 63.0 Å². The lowest BCUT2D eigenvalue weighted by atomic mass is 10.2. The molecule has 0 unspecified atom stereocenters. The molecule has 19 heavy (non-hydrogen) atoms. The molecule has 6 heteroatoms. The van der Waals surface area contributed by atoms with Crippen molar-refractivity contribution in [3.63, 3.8) is 0 Å². The second-order valence-electron chi connectivity index (χ2n) is 4.64. The molecular formula is C13H17ClN4O. The highest BCUT2D eigenvalue weighted by atomic mass is 35.5. The summed E-state index contributed by atoms with van der Waals surface area (Å²) in [4.78, 5) is 0. The third-order valence-electron chi connectivity index (χ3n) is 2.49. The Morgan fingerprint density at radius 1 is 1.32 bits per heavy atom. The summed E-state index contributed by atoms with van der Waals surface area (Å²) in [6, 6.07) is 6.43. The maximum atomic E-state index is 6.12. The molecule has 5 nitrogen and oxygen atoms in total. The van der Waals surface area contributed by atoms with Gasteiger partial charge in [0.05, 0.1) is 17.3 Å². The number of nitrogens with zero attached hydrogens (tertiary/aromatic N) is 2. The molecule has 1 aromatic heterocycles. The first-order chi connectivity index (χ1) is 9.04. The van der Waals surface area contributed by atoms with Crippen LogP contribution in [0.1, 0.15) is 25.3 Å². The maximum Gasteiger partial charge on any atom is 0.320 e. The molecule has 0 atom stereocenters. The van der Waals surface area contributed by atoms with Gasteiger partial charge in [-0.05, 0) is 24.6 Å². The smallest absolute Gasteiger partial charge is 0.320 e. The molecule has 1 aromatic carbocycles. The van der Waals surface area contributed by atoms with Crippen molar-refractivity contribution >= 4 is 23.3 Å². The predicted molar refractivity (Wildman–Crippen MR) is 75.7 cm³/mol. The van der Waals surface area contributed by atoms with Crippen LogP contribution in [0.2, 0.25) is 5.02 Å². The Kier molecular flexibility index (Phi) is 4.39. The van der Waals surface area contributed by atoms with Gasteiger partial charge in [-0.1, -0.05) is 36.6 Å². The third-order valence-corrected chi connectivity index (χ3v) is 2.81. The number of rotatable bonds is 5. The van der Waals surface area contributed by atoms with Crippen molar-refractivity contribution in [2.24, 2.45) is 0 Å². The van der Waals surface area contributed by atoms with Crippen LogP contribution in [0.15, 0.2) is 22.6 Å². The molecule has 2 aromatic rings. The first-order valence-corrected chi connectivity index (χ1v) is 6.51. The predicted octanol–water partition coefficient (Wildman–Crippen LogP) is 3.27. The van der Waals surface area contributed by atoms with Gasteiger partial charge in [0, 0.05) is 6.04 Å². The zero-order valence-electron chi connectivity index (χ0n) is 11.2. The Morgan fingerprint density at radius 2 is 2.11 bits per heavy atom. The van der Waals surface area contributed by atoms with Gasteiger partial charge in [0.1, 0.15) is 0 Å². The van der Waals surface area contributed by atoms with Crippen molar-refractivity contribution in [2.45, 2.75) is 33.4 Å². The third kappa shape index (κ3) is 3.94. The second kappa shape index (κ2) is 6.04. The standard InChI is InChI=1S/C13H17ClN4O/c1-8(2)15-7-12-17-18-13(19-12)16-11-5-4-9(3)6-10(11)14/h4-6,8,15H,7H2,1-3H3,(H,16,18). The largest absolute Gasteiger partial charge is 0.406 e. The van der Waals surface area contributed by atoms with E-state index < -0.39 is 0 Å². The van der Waals surface area contributed by atoms with E-state index >= 15 is 0 Å². The zero-order valence-corrected chi connectivity index (χ0v) is 12.0. The quantitative estimate of drug-likeness (QED) is 0.880. The monoisotopic (exact) mass is 280 g/mol. The van der Waals surface area contributed by atoms with E-state index in [0.717, 1.165) is 11.3 Å². The highest BCUT2D eigenvalue weighted by molar-refractivity contribution is 6.33. The normalized spacial score (nSPS) is 11.0. The lowest BCUT2D eigenvalue weighted by molar-refractivity contribution is 0.460. The van der Waals surface area contributed by atoms with Gasteiger partial charge in [0.15, 0.2) is 0 Å². The number of anilines is 2. The zero-order chi connectivity index (χ0) is 13.8. The lowest BCUT2D eigenvalue weighted by Gasteiger charge is -2.05. The Bertz CT molecular complexity index is 553. The number of aryl methyl sites for hydroxylation is 1. The number of hydrogen-bond acceptors (Lipinski definition) is 5. The molecule has 0 aliphatic carbocycles. The highest BCUT2D eigenvalue weighted by Gasteiger charge is 2.08. The Labute approximate surface area is 117 Å². The molecule has 2 rings (SSSR count). The number of benzene rings is 1. The van der Waals surface area contributed by atoms with Crippen LogP contribution < -0.4 is 10.6 Å². The van der Waals surface area contributed by atoms with Crippen LogP contribution in [-0.2, 0) is 6.54 Å². The first-order valence-electron chi connectivity index (χ1n) is 6.13. The number of aromatic nitrogens is 2. The van der Waals surface area contributed by atoms with Gasteiger partial charge in [-0.3, -0.25) is 0 Å². The Balaban J connectivity index is 2.03. The molecule has 0 fully saturated rings. The maximum absolute atomic E-state index is 6.12. The van der Waals surface area contributed by atoms with E-state index in [1.165, 1.54) is 0 Å². The summed E-state index contributed by atoms with van der Waals surface area (Å²) >= 11 is 6.12. The second-order valence-corrected chi connectivity index (χ2v) is 5.05. The number of hydrogen-bond donors (Lipinski definition) is 2. The van der Waals surface area contributed by atoms with Gasteiger partial charge in [0.2, 0.25) is 5.89 Å². The fourth-order valence-electron chi connectivity index (χ4n) is 1.50. The van der Waals surface area contributed by atoms with E-state index in [0.29, 0.717) is 29.5 Å². The van der Waals surface area contributed by atoms with Gasteiger partial charge >= 0.3 is 6.01 Å². The summed E-state index contributed by atoms with van der Waals surface area (Å²) in [6.45, 7) is 6.65. The minimum atomic E-state index is 0.339. The molecule has 0 aliphatic heterocycles. The summed E-state index contributed by atoms with van der Waals surface area (Å²) in [5, 5.41) is 14.7. The molecule has 102 valence electrons. The lowest BCUT2D eigenvalue weighted by Crippen LogP contribution is -2.21. The van der Waals surface area contributed by atoms with E-state index in [2.05, 4.69) is 34.7 Å². The van der Waals surface area contributed by atoms with Gasteiger partial charge in [0.25, 0.3) is 0 Å². The van der Waals surface area contributed by atoms with Crippen LogP contribution in [0.25, 0.3) is 0 Å². The van der Waals surface area contributed by atoms with Gasteiger partial charge in [-0.25, -0.2) is 0 Å². The Hall–Kier alpha value is -1.59. The van der Waals surface area contributed by atoms with Crippen LogP contribution in [0, 0.1) is 6.92 Å². The molecular weight excluding hydrogens is 264 g/mol. The summed E-state index contributed by atoms with van der Waals surface area (Å²) in [5.74, 6) is 0.541. The molecule has 0 saturated heterocycles. The summed E-state index contributed by atoms with van der Waals surface area (Å²) in [5.41, 5.74) is 1.85. The molecule has 0 radical (unpaired) electrons. The van der Waals surface area contributed by atoms with Gasteiger partial charge < -0.3 is 15.1 Å². The minimum Gasteiger partial charge on any atom is -0.406 e. The van der Waals surface area contributed by atoms with Crippen molar-refractivity contribution in [1.82, 2.24) is 15.5 Å². The SMILES string of the molecule is Cc1ccc(Nc2nnc(CNC(C)C)o2)c(Cl)c1. The van der Waals surface area contributed by atoms with Crippen molar-refractivity contribution < 1.29 is 4.42 Å².